The lowest BCUT2D eigenvalue weighted by atomic mass is 10.2. The van der Waals surface area contributed by atoms with Gasteiger partial charge in [0.25, 0.3) is 8.32 Å². The zero-order chi connectivity index (χ0) is 24.9. The van der Waals surface area contributed by atoms with Crippen LogP contribution in [-0.2, 0) is 17.6 Å². The molecular formula is C28H33BrN4OSi. The summed E-state index contributed by atoms with van der Waals surface area (Å²) in [6.07, 6.45) is 2.01. The third-order valence-corrected chi connectivity index (χ3v) is 11.9. The van der Waals surface area contributed by atoms with Gasteiger partial charge in [-0.1, -0.05) is 103 Å². The number of benzene rings is 3. The van der Waals surface area contributed by atoms with Gasteiger partial charge in [-0.3, -0.25) is 4.68 Å². The SMILES string of the molecule is CN(CCn1cc(CO[Si](c2ccccc2)(c2ccccc2)C(C)(C)C)nn1)c1ccc(Br)cc1. The first-order valence-electron chi connectivity index (χ1n) is 11.9. The molecule has 4 rings (SSSR count). The van der Waals surface area contributed by atoms with Crippen molar-refractivity contribution < 1.29 is 4.43 Å². The molecule has 0 saturated carbocycles. The van der Waals surface area contributed by atoms with Crippen LogP contribution in [0.5, 0.6) is 0 Å². The van der Waals surface area contributed by atoms with E-state index in [2.05, 4.69) is 144 Å². The molecule has 4 aromatic rings. The van der Waals surface area contributed by atoms with Crippen molar-refractivity contribution in [2.24, 2.45) is 0 Å². The van der Waals surface area contributed by atoms with Crippen molar-refractivity contribution in [3.8, 4) is 0 Å². The van der Waals surface area contributed by atoms with Crippen molar-refractivity contribution in [2.45, 2.75) is 39.0 Å². The second-order valence-corrected chi connectivity index (χ2v) is 15.0. The van der Waals surface area contributed by atoms with Crippen LogP contribution < -0.4 is 15.3 Å². The smallest absolute Gasteiger partial charge is 0.261 e. The molecule has 0 atom stereocenters. The summed E-state index contributed by atoms with van der Waals surface area (Å²) in [5, 5.41) is 11.3. The molecule has 0 unspecified atom stereocenters. The lowest BCUT2D eigenvalue weighted by Crippen LogP contribution is -2.66. The highest BCUT2D eigenvalue weighted by molar-refractivity contribution is 9.10. The molecule has 0 aliphatic heterocycles. The fourth-order valence-electron chi connectivity index (χ4n) is 4.53. The zero-order valence-electron chi connectivity index (χ0n) is 20.9. The third kappa shape index (κ3) is 5.74. The van der Waals surface area contributed by atoms with Gasteiger partial charge in [0.2, 0.25) is 0 Å². The van der Waals surface area contributed by atoms with Crippen molar-refractivity contribution in [2.75, 3.05) is 18.5 Å². The van der Waals surface area contributed by atoms with E-state index in [1.165, 1.54) is 16.1 Å². The first kappa shape index (κ1) is 25.4. The van der Waals surface area contributed by atoms with Crippen LogP contribution in [0.25, 0.3) is 0 Å². The predicted octanol–water partition coefficient (Wildman–Crippen LogP) is 5.25. The molecule has 0 spiro atoms. The molecule has 0 radical (unpaired) electrons. The Labute approximate surface area is 218 Å². The predicted molar refractivity (Wildman–Crippen MR) is 150 cm³/mol. The summed E-state index contributed by atoms with van der Waals surface area (Å²) in [4.78, 5) is 2.21. The number of hydrogen-bond donors (Lipinski definition) is 0. The van der Waals surface area contributed by atoms with E-state index in [4.69, 9.17) is 4.43 Å². The molecule has 0 aliphatic carbocycles. The van der Waals surface area contributed by atoms with Crippen molar-refractivity contribution in [1.29, 1.82) is 0 Å². The first-order chi connectivity index (χ1) is 16.8. The van der Waals surface area contributed by atoms with Gasteiger partial charge in [0.05, 0.1) is 19.3 Å². The Morgan fingerprint density at radius 1 is 0.886 bits per heavy atom. The number of likely N-dealkylation sites (N-methyl/N-ethyl adjacent to an activating group) is 1. The van der Waals surface area contributed by atoms with Crippen molar-refractivity contribution in [3.63, 3.8) is 0 Å². The molecule has 0 fully saturated rings. The number of hydrogen-bond acceptors (Lipinski definition) is 4. The third-order valence-electron chi connectivity index (χ3n) is 6.37. The quantitative estimate of drug-likeness (QED) is 0.268. The highest BCUT2D eigenvalue weighted by Gasteiger charge is 2.50. The Morgan fingerprint density at radius 2 is 1.46 bits per heavy atom. The fraction of sp³-hybridized carbons (Fsp3) is 0.286. The topological polar surface area (TPSA) is 43.2 Å². The maximum atomic E-state index is 6.98. The molecule has 5 nitrogen and oxygen atoms in total. The van der Waals surface area contributed by atoms with Gasteiger partial charge in [-0.25, -0.2) is 0 Å². The molecule has 3 aromatic carbocycles. The minimum Gasteiger partial charge on any atom is -0.401 e. The lowest BCUT2D eigenvalue weighted by Gasteiger charge is -2.42. The Kier molecular flexibility index (Phi) is 7.89. The Hall–Kier alpha value is -2.74. The summed E-state index contributed by atoms with van der Waals surface area (Å²) in [6.45, 7) is 8.87. The highest BCUT2D eigenvalue weighted by Crippen LogP contribution is 2.37. The van der Waals surface area contributed by atoms with E-state index >= 15 is 0 Å². The monoisotopic (exact) mass is 548 g/mol. The van der Waals surface area contributed by atoms with Crippen LogP contribution in [-0.4, -0.2) is 36.9 Å². The van der Waals surface area contributed by atoms with Crippen LogP contribution in [0.1, 0.15) is 26.5 Å². The molecular weight excluding hydrogens is 516 g/mol. The van der Waals surface area contributed by atoms with Gasteiger partial charge >= 0.3 is 0 Å². The average molecular weight is 550 g/mol. The van der Waals surface area contributed by atoms with E-state index in [-0.39, 0.29) is 5.04 Å². The Bertz CT molecular complexity index is 1170. The number of aromatic nitrogens is 3. The van der Waals surface area contributed by atoms with E-state index in [1.807, 2.05) is 10.9 Å². The van der Waals surface area contributed by atoms with Gasteiger partial charge < -0.3 is 9.33 Å². The molecule has 0 aliphatic rings. The summed E-state index contributed by atoms with van der Waals surface area (Å²) in [5.41, 5.74) is 2.02. The van der Waals surface area contributed by atoms with Crippen molar-refractivity contribution in [3.05, 3.63) is 101 Å². The summed E-state index contributed by atoms with van der Waals surface area (Å²) in [7, 11) is -0.507. The number of halogens is 1. The maximum absolute atomic E-state index is 6.98. The van der Waals surface area contributed by atoms with Crippen LogP contribution in [0.4, 0.5) is 5.69 Å². The molecule has 1 heterocycles. The molecule has 182 valence electrons. The Morgan fingerprint density at radius 3 is 2.00 bits per heavy atom. The molecule has 7 heteroatoms. The van der Waals surface area contributed by atoms with Gasteiger partial charge in [0, 0.05) is 23.8 Å². The van der Waals surface area contributed by atoms with Crippen LogP contribution >= 0.6 is 15.9 Å². The van der Waals surface area contributed by atoms with E-state index in [0.29, 0.717) is 6.61 Å². The van der Waals surface area contributed by atoms with Gasteiger partial charge in [-0.2, -0.15) is 0 Å². The van der Waals surface area contributed by atoms with E-state index in [0.717, 1.165) is 23.3 Å². The first-order valence-corrected chi connectivity index (χ1v) is 14.6. The minimum atomic E-state index is -2.60. The Balaban J connectivity index is 1.52. The van der Waals surface area contributed by atoms with Crippen LogP contribution in [0.3, 0.4) is 0 Å². The second kappa shape index (κ2) is 10.9. The van der Waals surface area contributed by atoms with Gasteiger partial charge in [0.1, 0.15) is 5.69 Å². The van der Waals surface area contributed by atoms with Crippen LogP contribution in [0, 0.1) is 0 Å². The molecule has 0 N–H and O–H groups in total. The molecule has 0 bridgehead atoms. The second-order valence-electron chi connectivity index (χ2n) is 9.82. The lowest BCUT2D eigenvalue weighted by molar-refractivity contribution is 0.281. The van der Waals surface area contributed by atoms with E-state index in [9.17, 15) is 0 Å². The molecule has 1 aromatic heterocycles. The standard InChI is InChI=1S/C28H33BrN4OSi/c1-28(2,3)35(26-11-7-5-8-12-26,27-13-9-6-10-14-27)34-22-24-21-33(31-30-24)20-19-32(4)25-17-15-23(29)16-18-25/h5-18,21H,19-20,22H2,1-4H3. The summed E-state index contributed by atoms with van der Waals surface area (Å²) < 4.78 is 9.96. The van der Waals surface area contributed by atoms with Gasteiger partial charge in [-0.15, -0.1) is 5.10 Å². The van der Waals surface area contributed by atoms with Crippen LogP contribution in [0.15, 0.2) is 95.6 Å². The minimum absolute atomic E-state index is 0.0703. The summed E-state index contributed by atoms with van der Waals surface area (Å²) in [6, 6.07) is 29.7. The van der Waals surface area contributed by atoms with E-state index in [1.54, 1.807) is 0 Å². The van der Waals surface area contributed by atoms with Crippen molar-refractivity contribution >= 4 is 40.3 Å². The van der Waals surface area contributed by atoms with Crippen LogP contribution in [0.2, 0.25) is 5.04 Å². The number of nitrogens with zero attached hydrogens (tertiary/aromatic N) is 4. The molecule has 0 saturated heterocycles. The number of anilines is 1. The number of rotatable bonds is 9. The zero-order valence-corrected chi connectivity index (χ0v) is 23.4. The highest BCUT2D eigenvalue weighted by atomic mass is 79.9. The molecule has 35 heavy (non-hydrogen) atoms. The normalized spacial score (nSPS) is 12.0. The largest absolute Gasteiger partial charge is 0.401 e. The average Bonchev–Trinajstić information content (AvgIpc) is 3.32. The fourth-order valence-corrected chi connectivity index (χ4v) is 9.32. The summed E-state index contributed by atoms with van der Waals surface area (Å²) >= 11 is 3.49. The van der Waals surface area contributed by atoms with Gasteiger partial charge in [-0.05, 0) is 39.7 Å². The van der Waals surface area contributed by atoms with Crippen molar-refractivity contribution in [1.82, 2.24) is 15.0 Å². The maximum Gasteiger partial charge on any atom is 0.261 e. The van der Waals surface area contributed by atoms with Gasteiger partial charge in [0.15, 0.2) is 0 Å². The molecule has 0 amide bonds. The summed E-state index contributed by atoms with van der Waals surface area (Å²) in [5.74, 6) is 0. The van der Waals surface area contributed by atoms with E-state index < -0.39 is 8.32 Å².